The van der Waals surface area contributed by atoms with Crippen molar-refractivity contribution in [3.05, 3.63) is 28.5 Å². The molecule has 2 aliphatic rings. The Kier molecular flexibility index (Phi) is 3.71. The van der Waals surface area contributed by atoms with Gasteiger partial charge in [0.2, 0.25) is 5.91 Å². The Morgan fingerprint density at radius 2 is 1.95 bits per heavy atom. The van der Waals surface area contributed by atoms with Crippen LogP contribution in [-0.2, 0) is 14.3 Å². The summed E-state index contributed by atoms with van der Waals surface area (Å²) in [6.45, 7) is 0. The average Bonchev–Trinajstić information content (AvgIpc) is 3.02. The molecule has 5 nitrogen and oxygen atoms in total. The van der Waals surface area contributed by atoms with E-state index < -0.39 is 41.7 Å². The number of carbonyl (C=O) groups is 2. The summed E-state index contributed by atoms with van der Waals surface area (Å²) in [7, 11) is 0. The Balaban J connectivity index is 1.80. The van der Waals surface area contributed by atoms with E-state index >= 15 is 0 Å². The van der Waals surface area contributed by atoms with Crippen LogP contribution in [0.3, 0.4) is 0 Å². The SMILES string of the molecule is O=C(O)[C@@H]1[C@H](C(=O)Nc2ccc(Br)cc2F)[C@H]2CC[C@H]1O2. The molecule has 1 aromatic carbocycles. The molecular weight excluding hydrogens is 345 g/mol. The lowest BCUT2D eigenvalue weighted by atomic mass is 9.78. The van der Waals surface area contributed by atoms with E-state index in [1.54, 1.807) is 6.07 Å². The molecule has 21 heavy (non-hydrogen) atoms. The largest absolute Gasteiger partial charge is 0.481 e. The number of carbonyl (C=O) groups excluding carboxylic acids is 1. The maximum Gasteiger partial charge on any atom is 0.310 e. The smallest absolute Gasteiger partial charge is 0.310 e. The number of fused-ring (bicyclic) bond motifs is 2. The van der Waals surface area contributed by atoms with Crippen molar-refractivity contribution in [2.45, 2.75) is 25.0 Å². The number of anilines is 1. The number of aliphatic carboxylic acids is 1. The Morgan fingerprint density at radius 1 is 1.29 bits per heavy atom. The van der Waals surface area contributed by atoms with Gasteiger partial charge in [-0.25, -0.2) is 4.39 Å². The summed E-state index contributed by atoms with van der Waals surface area (Å²) in [5.74, 6) is -3.75. The molecule has 1 amide bonds. The van der Waals surface area contributed by atoms with E-state index in [1.807, 2.05) is 0 Å². The number of benzene rings is 1. The molecule has 2 bridgehead atoms. The van der Waals surface area contributed by atoms with Gasteiger partial charge in [0.15, 0.2) is 0 Å². The van der Waals surface area contributed by atoms with E-state index in [-0.39, 0.29) is 5.69 Å². The first kappa shape index (κ1) is 14.5. The molecular formula is C14H13BrFNO4. The lowest BCUT2D eigenvalue weighted by Crippen LogP contribution is -2.41. The maximum atomic E-state index is 13.7. The fourth-order valence-corrected chi connectivity index (χ4v) is 3.46. The van der Waals surface area contributed by atoms with Crippen LogP contribution in [0.4, 0.5) is 10.1 Å². The van der Waals surface area contributed by atoms with E-state index in [9.17, 15) is 19.1 Å². The first-order valence-electron chi connectivity index (χ1n) is 6.61. The number of hydrogen-bond acceptors (Lipinski definition) is 3. The van der Waals surface area contributed by atoms with Gasteiger partial charge in [0.25, 0.3) is 0 Å². The van der Waals surface area contributed by atoms with Crippen LogP contribution in [0.25, 0.3) is 0 Å². The van der Waals surface area contributed by atoms with E-state index in [0.717, 1.165) is 0 Å². The molecule has 2 N–H and O–H groups in total. The van der Waals surface area contributed by atoms with Crippen molar-refractivity contribution in [2.24, 2.45) is 11.8 Å². The number of carboxylic acids is 1. The van der Waals surface area contributed by atoms with Crippen LogP contribution in [0.5, 0.6) is 0 Å². The normalized spacial score (nSPS) is 30.4. The van der Waals surface area contributed by atoms with Crippen LogP contribution in [0, 0.1) is 17.7 Å². The fourth-order valence-electron chi connectivity index (χ4n) is 3.13. The molecule has 2 fully saturated rings. The van der Waals surface area contributed by atoms with E-state index in [1.165, 1.54) is 12.1 Å². The molecule has 0 saturated carbocycles. The predicted octanol–water partition coefficient (Wildman–Crippen LogP) is 2.40. The molecule has 112 valence electrons. The number of halogens is 2. The second kappa shape index (κ2) is 5.38. The van der Waals surface area contributed by atoms with Crippen LogP contribution >= 0.6 is 15.9 Å². The van der Waals surface area contributed by atoms with Crippen molar-refractivity contribution >= 4 is 33.5 Å². The van der Waals surface area contributed by atoms with Crippen molar-refractivity contribution in [2.75, 3.05) is 5.32 Å². The van der Waals surface area contributed by atoms with E-state index in [4.69, 9.17) is 4.74 Å². The first-order valence-corrected chi connectivity index (χ1v) is 7.41. The monoisotopic (exact) mass is 357 g/mol. The Hall–Kier alpha value is -1.47. The van der Waals surface area contributed by atoms with Crippen molar-refractivity contribution in [3.63, 3.8) is 0 Å². The third-order valence-electron chi connectivity index (χ3n) is 4.05. The summed E-state index contributed by atoms with van der Waals surface area (Å²) >= 11 is 3.13. The Labute approximate surface area is 128 Å². The zero-order chi connectivity index (χ0) is 15.1. The zero-order valence-corrected chi connectivity index (χ0v) is 12.5. The molecule has 4 atom stereocenters. The molecule has 0 aromatic heterocycles. The molecule has 3 rings (SSSR count). The first-order chi connectivity index (χ1) is 9.97. The molecule has 2 heterocycles. The Morgan fingerprint density at radius 3 is 2.57 bits per heavy atom. The minimum absolute atomic E-state index is 0.0371. The minimum atomic E-state index is -1.04. The van der Waals surface area contributed by atoms with E-state index in [2.05, 4.69) is 21.2 Å². The second-order valence-corrected chi connectivity index (χ2v) is 6.21. The van der Waals surface area contributed by atoms with Gasteiger partial charge in [0, 0.05) is 4.47 Å². The van der Waals surface area contributed by atoms with Gasteiger partial charge in [-0.05, 0) is 31.0 Å². The molecule has 0 spiro atoms. The van der Waals surface area contributed by atoms with Crippen LogP contribution in [-0.4, -0.2) is 29.2 Å². The third-order valence-corrected chi connectivity index (χ3v) is 4.54. The molecule has 2 aliphatic heterocycles. The van der Waals surface area contributed by atoms with Crippen molar-refractivity contribution in [1.82, 2.24) is 0 Å². The number of carboxylic acid groups (broad SMARTS) is 1. The number of nitrogens with one attached hydrogen (secondary N) is 1. The van der Waals surface area contributed by atoms with Crippen LogP contribution < -0.4 is 5.32 Å². The number of hydrogen-bond donors (Lipinski definition) is 2. The van der Waals surface area contributed by atoms with Crippen LogP contribution in [0.1, 0.15) is 12.8 Å². The number of amides is 1. The lowest BCUT2D eigenvalue weighted by Gasteiger charge is -2.23. The molecule has 7 heteroatoms. The predicted molar refractivity (Wildman–Crippen MR) is 75.2 cm³/mol. The van der Waals surface area contributed by atoms with E-state index in [0.29, 0.717) is 17.3 Å². The van der Waals surface area contributed by atoms with Gasteiger partial charge >= 0.3 is 5.97 Å². The molecule has 2 saturated heterocycles. The molecule has 1 aromatic rings. The molecule has 0 radical (unpaired) electrons. The van der Waals surface area contributed by atoms with Gasteiger partial charge in [-0.3, -0.25) is 9.59 Å². The summed E-state index contributed by atoms with van der Waals surface area (Å²) in [5, 5.41) is 11.7. The highest BCUT2D eigenvalue weighted by atomic mass is 79.9. The van der Waals surface area contributed by atoms with Gasteiger partial charge in [-0.2, -0.15) is 0 Å². The van der Waals surface area contributed by atoms with Crippen molar-refractivity contribution < 1.29 is 23.8 Å². The van der Waals surface area contributed by atoms with Gasteiger partial charge in [0.1, 0.15) is 5.82 Å². The topological polar surface area (TPSA) is 75.6 Å². The Bertz CT molecular complexity index is 609. The second-order valence-electron chi connectivity index (χ2n) is 5.29. The van der Waals surface area contributed by atoms with Crippen molar-refractivity contribution in [3.8, 4) is 0 Å². The zero-order valence-electron chi connectivity index (χ0n) is 10.9. The van der Waals surface area contributed by atoms with Gasteiger partial charge in [-0.15, -0.1) is 0 Å². The van der Waals surface area contributed by atoms with Gasteiger partial charge < -0.3 is 15.2 Å². The summed E-state index contributed by atoms with van der Waals surface area (Å²) in [5.41, 5.74) is 0.0371. The summed E-state index contributed by atoms with van der Waals surface area (Å²) in [4.78, 5) is 23.7. The highest BCUT2D eigenvalue weighted by Gasteiger charge is 2.55. The average molecular weight is 358 g/mol. The highest BCUT2D eigenvalue weighted by molar-refractivity contribution is 9.10. The summed E-state index contributed by atoms with van der Waals surface area (Å²) in [6, 6.07) is 4.27. The number of rotatable bonds is 3. The lowest BCUT2D eigenvalue weighted by molar-refractivity contribution is -0.147. The van der Waals surface area contributed by atoms with Gasteiger partial charge in [-0.1, -0.05) is 15.9 Å². The van der Waals surface area contributed by atoms with Crippen molar-refractivity contribution in [1.29, 1.82) is 0 Å². The van der Waals surface area contributed by atoms with Crippen LogP contribution in [0.15, 0.2) is 22.7 Å². The number of ether oxygens (including phenoxy) is 1. The minimum Gasteiger partial charge on any atom is -0.481 e. The third kappa shape index (κ3) is 2.55. The maximum absolute atomic E-state index is 13.7. The molecule has 0 aliphatic carbocycles. The fraction of sp³-hybridized carbons (Fsp3) is 0.429. The van der Waals surface area contributed by atoms with Gasteiger partial charge in [0.05, 0.1) is 29.7 Å². The quantitative estimate of drug-likeness (QED) is 0.870. The highest BCUT2D eigenvalue weighted by Crippen LogP contribution is 2.44. The summed E-state index contributed by atoms with van der Waals surface area (Å²) < 4.78 is 19.8. The molecule has 0 unspecified atom stereocenters. The standard InChI is InChI=1S/C14H13BrFNO4/c15-6-1-2-8(7(16)5-6)17-13(18)11-9-3-4-10(21-9)12(11)14(19)20/h1-2,5,9-12H,3-4H2,(H,17,18)(H,19,20)/t9-,10-,11-,12+/m1/s1. The van der Waals surface area contributed by atoms with Crippen LogP contribution in [0.2, 0.25) is 0 Å². The summed E-state index contributed by atoms with van der Waals surface area (Å²) in [6.07, 6.45) is 0.501.